The maximum Gasteiger partial charge on any atom is 0.261 e. The molecule has 1 heterocycles. The number of aryl methyl sites for hydroxylation is 1. The summed E-state index contributed by atoms with van der Waals surface area (Å²) >= 11 is 0. The lowest BCUT2D eigenvalue weighted by atomic mass is 10.1. The van der Waals surface area contributed by atoms with Crippen molar-refractivity contribution < 1.29 is 17.6 Å². The zero-order valence-corrected chi connectivity index (χ0v) is 14.9. The minimum absolute atomic E-state index is 0.157. The zero-order chi connectivity index (χ0) is 18.6. The van der Waals surface area contributed by atoms with Crippen LogP contribution in [0.1, 0.15) is 21.9 Å². The number of furan rings is 1. The minimum Gasteiger partial charge on any atom is -0.462 e. The lowest BCUT2D eigenvalue weighted by molar-refractivity contribution is 0.104. The monoisotopic (exact) mass is 367 g/mol. The highest BCUT2D eigenvalue weighted by molar-refractivity contribution is 7.92. The zero-order valence-electron chi connectivity index (χ0n) is 14.0. The van der Waals surface area contributed by atoms with Gasteiger partial charge in [0.25, 0.3) is 10.0 Å². The lowest BCUT2D eigenvalue weighted by Gasteiger charge is -2.08. The van der Waals surface area contributed by atoms with Crippen molar-refractivity contribution in [2.75, 3.05) is 4.72 Å². The Labute approximate surface area is 152 Å². The average Bonchev–Trinajstić information content (AvgIpc) is 3.05. The Kier molecular flexibility index (Phi) is 5.04. The number of ketones is 1. The smallest absolute Gasteiger partial charge is 0.261 e. The third-order valence-electron chi connectivity index (χ3n) is 3.61. The summed E-state index contributed by atoms with van der Waals surface area (Å²) in [4.78, 5) is 12.5. The first-order valence-electron chi connectivity index (χ1n) is 7.91. The number of nitrogens with one attached hydrogen (secondary N) is 1. The van der Waals surface area contributed by atoms with Gasteiger partial charge in [-0.05, 0) is 55.5 Å². The quantitative estimate of drug-likeness (QED) is 0.521. The van der Waals surface area contributed by atoms with E-state index in [9.17, 15) is 13.2 Å². The van der Waals surface area contributed by atoms with Crippen molar-refractivity contribution in [2.45, 2.75) is 11.8 Å². The normalized spacial score (nSPS) is 11.6. The molecule has 1 aromatic heterocycles. The fraction of sp³-hybridized carbons (Fsp3) is 0.0500. The highest BCUT2D eigenvalue weighted by atomic mass is 32.2. The van der Waals surface area contributed by atoms with Crippen LogP contribution in [-0.4, -0.2) is 14.2 Å². The first-order valence-corrected chi connectivity index (χ1v) is 9.39. The molecule has 0 amide bonds. The molecule has 0 unspecified atom stereocenters. The average molecular weight is 367 g/mol. The van der Waals surface area contributed by atoms with Crippen LogP contribution >= 0.6 is 0 Å². The third-order valence-corrected chi connectivity index (χ3v) is 5.01. The standard InChI is InChI=1S/C20H17NO4S/c1-15-10-11-18(25-15)12-13-20(22)16-6-5-7-17(14-16)21-26(23,24)19-8-3-2-4-9-19/h2-14,21H,1H3/b13-12+. The molecule has 0 bridgehead atoms. The van der Waals surface area contributed by atoms with Crippen molar-refractivity contribution >= 4 is 27.6 Å². The summed E-state index contributed by atoms with van der Waals surface area (Å²) < 4.78 is 32.6. The second-order valence-electron chi connectivity index (χ2n) is 5.65. The topological polar surface area (TPSA) is 76.4 Å². The second kappa shape index (κ2) is 7.41. The van der Waals surface area contributed by atoms with Crippen molar-refractivity contribution in [3.05, 3.63) is 89.9 Å². The molecule has 0 atom stereocenters. The van der Waals surface area contributed by atoms with Crippen LogP contribution in [0.2, 0.25) is 0 Å². The molecule has 0 fully saturated rings. The van der Waals surface area contributed by atoms with Crippen molar-refractivity contribution in [3.63, 3.8) is 0 Å². The molecule has 0 radical (unpaired) electrons. The number of hydrogen-bond donors (Lipinski definition) is 1. The molecule has 2 aromatic carbocycles. The third kappa shape index (κ3) is 4.29. The molecule has 1 N–H and O–H groups in total. The van der Waals surface area contributed by atoms with Crippen LogP contribution in [0.15, 0.2) is 82.1 Å². The molecule has 132 valence electrons. The molecule has 0 aliphatic heterocycles. The number of allylic oxidation sites excluding steroid dienone is 1. The number of benzene rings is 2. The fourth-order valence-electron chi connectivity index (χ4n) is 2.35. The van der Waals surface area contributed by atoms with Gasteiger partial charge in [-0.15, -0.1) is 0 Å². The van der Waals surface area contributed by atoms with Crippen LogP contribution in [0.5, 0.6) is 0 Å². The molecule has 0 aliphatic rings. The van der Waals surface area contributed by atoms with E-state index in [1.165, 1.54) is 24.3 Å². The largest absolute Gasteiger partial charge is 0.462 e. The van der Waals surface area contributed by atoms with Crippen LogP contribution < -0.4 is 4.72 Å². The van der Waals surface area contributed by atoms with E-state index in [1.807, 2.05) is 13.0 Å². The molecule has 3 rings (SSSR count). The van der Waals surface area contributed by atoms with E-state index in [-0.39, 0.29) is 10.7 Å². The van der Waals surface area contributed by atoms with E-state index in [2.05, 4.69) is 4.72 Å². The van der Waals surface area contributed by atoms with Gasteiger partial charge in [-0.3, -0.25) is 9.52 Å². The number of rotatable bonds is 6. The van der Waals surface area contributed by atoms with Crippen LogP contribution in [0.25, 0.3) is 6.08 Å². The Balaban J connectivity index is 1.78. The molecule has 0 saturated heterocycles. The molecular formula is C20H17NO4S. The van der Waals surface area contributed by atoms with Gasteiger partial charge in [0.05, 0.1) is 4.90 Å². The lowest BCUT2D eigenvalue weighted by Crippen LogP contribution is -2.13. The molecular weight excluding hydrogens is 350 g/mol. The van der Waals surface area contributed by atoms with Gasteiger partial charge < -0.3 is 4.42 Å². The summed E-state index contributed by atoms with van der Waals surface area (Å²) in [6.07, 6.45) is 2.97. The summed E-state index contributed by atoms with van der Waals surface area (Å²) in [6.45, 7) is 1.82. The Morgan fingerprint density at radius 1 is 1.00 bits per heavy atom. The Morgan fingerprint density at radius 3 is 2.46 bits per heavy atom. The summed E-state index contributed by atoms with van der Waals surface area (Å²) in [6, 6.07) is 18.0. The van der Waals surface area contributed by atoms with Crippen LogP contribution in [-0.2, 0) is 10.0 Å². The minimum atomic E-state index is -3.70. The van der Waals surface area contributed by atoms with Gasteiger partial charge in [0, 0.05) is 11.3 Å². The number of hydrogen-bond acceptors (Lipinski definition) is 4. The van der Waals surface area contributed by atoms with Gasteiger partial charge in [0.1, 0.15) is 11.5 Å². The van der Waals surface area contributed by atoms with Crippen molar-refractivity contribution in [3.8, 4) is 0 Å². The molecule has 0 spiro atoms. The van der Waals surface area contributed by atoms with Crippen LogP contribution in [0, 0.1) is 6.92 Å². The van der Waals surface area contributed by atoms with Crippen molar-refractivity contribution in [1.82, 2.24) is 0 Å². The Bertz CT molecular complexity index is 1050. The summed E-state index contributed by atoms with van der Waals surface area (Å²) in [5, 5.41) is 0. The highest BCUT2D eigenvalue weighted by Crippen LogP contribution is 2.18. The molecule has 0 saturated carbocycles. The predicted octanol–water partition coefficient (Wildman–Crippen LogP) is 4.28. The Morgan fingerprint density at radius 2 is 1.77 bits per heavy atom. The molecule has 5 nitrogen and oxygen atoms in total. The maximum atomic E-state index is 12.4. The van der Waals surface area contributed by atoms with Gasteiger partial charge in [0.2, 0.25) is 0 Å². The van der Waals surface area contributed by atoms with Crippen molar-refractivity contribution in [2.24, 2.45) is 0 Å². The van der Waals surface area contributed by atoms with E-state index in [0.29, 0.717) is 17.0 Å². The molecule has 26 heavy (non-hydrogen) atoms. The highest BCUT2D eigenvalue weighted by Gasteiger charge is 2.14. The van der Waals surface area contributed by atoms with Gasteiger partial charge in [-0.25, -0.2) is 8.42 Å². The van der Waals surface area contributed by atoms with Gasteiger partial charge >= 0.3 is 0 Å². The van der Waals surface area contributed by atoms with E-state index in [0.717, 1.165) is 5.76 Å². The van der Waals surface area contributed by atoms with Gasteiger partial charge in [0.15, 0.2) is 5.78 Å². The van der Waals surface area contributed by atoms with Crippen molar-refractivity contribution in [1.29, 1.82) is 0 Å². The Hall–Kier alpha value is -3.12. The van der Waals surface area contributed by atoms with E-state index >= 15 is 0 Å². The van der Waals surface area contributed by atoms with Gasteiger partial charge in [-0.1, -0.05) is 30.3 Å². The fourth-order valence-corrected chi connectivity index (χ4v) is 3.42. The molecule has 6 heteroatoms. The summed E-state index contributed by atoms with van der Waals surface area (Å²) in [7, 11) is -3.70. The number of sulfonamides is 1. The first kappa shape index (κ1) is 17.7. The van der Waals surface area contributed by atoms with E-state index in [1.54, 1.807) is 48.5 Å². The predicted molar refractivity (Wildman–Crippen MR) is 101 cm³/mol. The summed E-state index contributed by atoms with van der Waals surface area (Å²) in [5.41, 5.74) is 0.694. The first-order chi connectivity index (χ1) is 12.4. The second-order valence-corrected chi connectivity index (χ2v) is 7.33. The van der Waals surface area contributed by atoms with Crippen LogP contribution in [0.3, 0.4) is 0 Å². The van der Waals surface area contributed by atoms with E-state index < -0.39 is 10.0 Å². The van der Waals surface area contributed by atoms with Gasteiger partial charge in [-0.2, -0.15) is 0 Å². The van der Waals surface area contributed by atoms with Crippen LogP contribution in [0.4, 0.5) is 5.69 Å². The van der Waals surface area contributed by atoms with E-state index in [4.69, 9.17) is 4.42 Å². The number of carbonyl (C=O) groups is 1. The number of anilines is 1. The number of carbonyl (C=O) groups excluding carboxylic acids is 1. The SMILES string of the molecule is Cc1ccc(/C=C/C(=O)c2cccc(NS(=O)(=O)c3ccccc3)c2)o1. The summed E-state index contributed by atoms with van der Waals surface area (Å²) in [5.74, 6) is 1.09. The molecule has 3 aromatic rings. The molecule has 0 aliphatic carbocycles. The maximum absolute atomic E-state index is 12.4.